The lowest BCUT2D eigenvalue weighted by molar-refractivity contribution is -0.110. The highest BCUT2D eigenvalue weighted by molar-refractivity contribution is 7.88. The molecular weight excluding hydrogens is 640 g/mol. The quantitative estimate of drug-likeness (QED) is 0.0851. The number of likely N-dealkylation sites (N-methyl/N-ethyl adjacent to an activating group) is 1. The first-order valence-corrected chi connectivity index (χ1v) is 17.6. The van der Waals surface area contributed by atoms with Crippen LogP contribution in [0.4, 0.5) is 17.1 Å². The number of carbonyl (C=O) groups excluding carboxylic acids is 2. The Kier molecular flexibility index (Phi) is 11.9. The van der Waals surface area contributed by atoms with Gasteiger partial charge >= 0.3 is 5.69 Å². The number of para-hydroxylation sites is 1. The number of ketones is 1. The van der Waals surface area contributed by atoms with Crippen molar-refractivity contribution in [2.24, 2.45) is 4.99 Å². The van der Waals surface area contributed by atoms with E-state index in [1.54, 1.807) is 55.5 Å². The molecule has 0 spiro atoms. The van der Waals surface area contributed by atoms with Crippen molar-refractivity contribution >= 4 is 56.1 Å². The summed E-state index contributed by atoms with van der Waals surface area (Å²) in [4.78, 5) is 50.7. The molecule has 1 amide bonds. The number of nitrogens with one attached hydrogen (secondary N) is 3. The summed E-state index contributed by atoms with van der Waals surface area (Å²) in [7, 11) is -3.33. The van der Waals surface area contributed by atoms with Crippen LogP contribution in [0.1, 0.15) is 42.7 Å². The summed E-state index contributed by atoms with van der Waals surface area (Å²) < 4.78 is 27.1. The minimum atomic E-state index is -3.33. The number of rotatable bonds is 15. The van der Waals surface area contributed by atoms with E-state index in [1.165, 1.54) is 4.57 Å². The molecule has 47 heavy (non-hydrogen) atoms. The number of sulfonamides is 1. The summed E-state index contributed by atoms with van der Waals surface area (Å²) >= 11 is 6.32. The number of H-pyrrole nitrogens is 1. The lowest BCUT2D eigenvalue weighted by Gasteiger charge is -2.24. The molecule has 0 fully saturated rings. The normalized spacial score (nSPS) is 11.8. The highest BCUT2D eigenvalue weighted by Gasteiger charge is 2.29. The van der Waals surface area contributed by atoms with Gasteiger partial charge < -0.3 is 15.2 Å². The van der Waals surface area contributed by atoms with Gasteiger partial charge in [0, 0.05) is 37.4 Å². The Labute approximate surface area is 279 Å². The number of aliphatic imine (C=N–C) groups is 1. The lowest BCUT2D eigenvalue weighted by Crippen LogP contribution is -2.34. The number of hydrogen-bond acceptors (Lipinski definition) is 7. The average molecular weight is 679 g/mol. The van der Waals surface area contributed by atoms with Crippen molar-refractivity contribution in [2.45, 2.75) is 40.2 Å². The second-order valence-corrected chi connectivity index (χ2v) is 13.2. The first kappa shape index (κ1) is 35.3. The molecule has 0 atom stereocenters. The Morgan fingerprint density at radius 3 is 2.36 bits per heavy atom. The molecule has 4 rings (SSSR count). The number of benzene rings is 3. The molecule has 0 unspecified atom stereocenters. The molecule has 0 saturated heterocycles. The zero-order chi connectivity index (χ0) is 34.1. The van der Waals surface area contributed by atoms with Gasteiger partial charge in [-0.25, -0.2) is 22.9 Å². The first-order chi connectivity index (χ1) is 22.4. The van der Waals surface area contributed by atoms with E-state index in [4.69, 9.17) is 11.6 Å². The third-order valence-corrected chi connectivity index (χ3v) is 8.51. The second-order valence-electron chi connectivity index (χ2n) is 11.0. The van der Waals surface area contributed by atoms with Gasteiger partial charge in [-0.3, -0.25) is 14.2 Å². The maximum absolute atomic E-state index is 14.4. The standard InChI is InChI=1S/C34H39ClN6O5S/c1-5-7-20-41-31(24-13-9-8-10-14-24)29(39-34(41)44)32(42)30(33(43)38-28-16-12-11-15-26(28)35)37-27-18-17-25(22-23(27)3)40(6-2)21-19-36-47(4,45)46/h8-18,22,36H,5-7,19-21H2,1-4H3,(H,38,43)(H,39,44). The third kappa shape index (κ3) is 9.06. The zero-order valence-electron chi connectivity index (χ0n) is 26.8. The lowest BCUT2D eigenvalue weighted by atomic mass is 10.0. The van der Waals surface area contributed by atoms with Gasteiger partial charge in [0.25, 0.3) is 5.91 Å². The highest BCUT2D eigenvalue weighted by atomic mass is 35.5. The zero-order valence-corrected chi connectivity index (χ0v) is 28.4. The average Bonchev–Trinajstić information content (AvgIpc) is 3.37. The van der Waals surface area contributed by atoms with Gasteiger partial charge in [0.05, 0.1) is 28.3 Å². The fourth-order valence-electron chi connectivity index (χ4n) is 5.05. The molecule has 3 N–H and O–H groups in total. The molecule has 0 saturated carbocycles. The number of aromatic nitrogens is 2. The molecule has 248 valence electrons. The van der Waals surface area contributed by atoms with E-state index in [0.29, 0.717) is 54.3 Å². The van der Waals surface area contributed by atoms with Gasteiger partial charge in [0.1, 0.15) is 5.69 Å². The molecule has 0 bridgehead atoms. The molecule has 4 aromatic rings. The highest BCUT2D eigenvalue weighted by Crippen LogP contribution is 2.28. The fraction of sp³-hybridized carbons (Fsp3) is 0.294. The van der Waals surface area contributed by atoms with Crippen LogP contribution in [0.2, 0.25) is 5.02 Å². The Balaban J connectivity index is 1.80. The SMILES string of the molecule is CCCCn1c(-c2ccccc2)c(C(=O)C(=Nc2ccc(N(CC)CCNS(C)(=O)=O)cc2C)C(=O)Nc2ccccc2Cl)[nH]c1=O. The number of nitrogens with zero attached hydrogens (tertiary/aromatic N) is 3. The number of Topliss-reactive ketones (excluding diaryl/α,β-unsaturated/α-hetero) is 1. The number of halogens is 1. The molecular formula is C34H39ClN6O5S. The Morgan fingerprint density at radius 2 is 1.72 bits per heavy atom. The van der Waals surface area contributed by atoms with Crippen molar-refractivity contribution in [1.82, 2.24) is 14.3 Å². The summed E-state index contributed by atoms with van der Waals surface area (Å²) in [6.07, 6.45) is 2.66. The largest absolute Gasteiger partial charge is 0.370 e. The van der Waals surface area contributed by atoms with Gasteiger partial charge in [-0.1, -0.05) is 67.4 Å². The number of anilines is 2. The van der Waals surface area contributed by atoms with E-state index >= 15 is 0 Å². The van der Waals surface area contributed by atoms with E-state index in [0.717, 1.165) is 18.4 Å². The van der Waals surface area contributed by atoms with E-state index in [-0.39, 0.29) is 17.3 Å². The van der Waals surface area contributed by atoms with Gasteiger partial charge in [0.2, 0.25) is 15.8 Å². The summed E-state index contributed by atoms with van der Waals surface area (Å²) in [6.45, 7) is 7.42. The molecule has 3 aromatic carbocycles. The summed E-state index contributed by atoms with van der Waals surface area (Å²) in [5, 5.41) is 2.98. The van der Waals surface area contributed by atoms with Gasteiger partial charge in [0.15, 0.2) is 5.71 Å². The van der Waals surface area contributed by atoms with Crippen LogP contribution in [0.25, 0.3) is 11.3 Å². The Morgan fingerprint density at radius 1 is 1.02 bits per heavy atom. The van der Waals surface area contributed by atoms with E-state index in [9.17, 15) is 22.8 Å². The molecule has 1 heterocycles. The number of aromatic amines is 1. The van der Waals surface area contributed by atoms with Crippen molar-refractivity contribution in [2.75, 3.05) is 36.1 Å². The monoisotopic (exact) mass is 678 g/mol. The number of hydrogen-bond donors (Lipinski definition) is 3. The second kappa shape index (κ2) is 15.9. The Hall–Kier alpha value is -4.52. The summed E-state index contributed by atoms with van der Waals surface area (Å²) in [6, 6.07) is 21.1. The van der Waals surface area contributed by atoms with Gasteiger partial charge in [-0.05, 0) is 56.2 Å². The van der Waals surface area contributed by atoms with Crippen molar-refractivity contribution in [1.29, 1.82) is 0 Å². The first-order valence-electron chi connectivity index (χ1n) is 15.3. The van der Waals surface area contributed by atoms with Crippen molar-refractivity contribution in [3.63, 3.8) is 0 Å². The van der Waals surface area contributed by atoms with Crippen LogP contribution in [-0.2, 0) is 21.4 Å². The van der Waals surface area contributed by atoms with Crippen LogP contribution in [0.3, 0.4) is 0 Å². The molecule has 0 aliphatic rings. The predicted octanol–water partition coefficient (Wildman–Crippen LogP) is 5.57. The van der Waals surface area contributed by atoms with Crippen molar-refractivity contribution in [3.8, 4) is 11.3 Å². The number of unbranched alkanes of at least 4 members (excludes halogenated alkanes) is 1. The molecule has 13 heteroatoms. The maximum atomic E-state index is 14.4. The van der Waals surface area contributed by atoms with E-state index in [1.807, 2.05) is 43.0 Å². The Bertz CT molecular complexity index is 1940. The predicted molar refractivity (Wildman–Crippen MR) is 189 cm³/mol. The molecule has 1 aromatic heterocycles. The van der Waals surface area contributed by atoms with Gasteiger partial charge in [-0.15, -0.1) is 0 Å². The van der Waals surface area contributed by atoms with Crippen LogP contribution < -0.4 is 20.6 Å². The van der Waals surface area contributed by atoms with Crippen molar-refractivity contribution < 1.29 is 18.0 Å². The van der Waals surface area contributed by atoms with Crippen LogP contribution in [0, 0.1) is 6.92 Å². The van der Waals surface area contributed by atoms with Crippen LogP contribution in [0.15, 0.2) is 82.6 Å². The topological polar surface area (TPSA) is 146 Å². The van der Waals surface area contributed by atoms with E-state index < -0.39 is 33.1 Å². The molecule has 0 aliphatic heterocycles. The number of imidazole rings is 1. The minimum absolute atomic E-state index is 0.0461. The minimum Gasteiger partial charge on any atom is -0.370 e. The fourth-order valence-corrected chi connectivity index (χ4v) is 5.69. The van der Waals surface area contributed by atoms with Crippen LogP contribution in [0.5, 0.6) is 0 Å². The molecule has 11 nitrogen and oxygen atoms in total. The van der Waals surface area contributed by atoms with E-state index in [2.05, 4.69) is 20.0 Å². The van der Waals surface area contributed by atoms with Gasteiger partial charge in [-0.2, -0.15) is 0 Å². The molecule has 0 radical (unpaired) electrons. The number of aryl methyl sites for hydroxylation is 1. The smallest absolute Gasteiger partial charge is 0.326 e. The maximum Gasteiger partial charge on any atom is 0.326 e. The third-order valence-electron chi connectivity index (χ3n) is 7.45. The van der Waals surface area contributed by atoms with Crippen LogP contribution in [-0.4, -0.2) is 61.3 Å². The summed E-state index contributed by atoms with van der Waals surface area (Å²) in [5.74, 6) is -1.55. The van der Waals surface area contributed by atoms with Crippen molar-refractivity contribution in [3.05, 3.63) is 99.6 Å². The summed E-state index contributed by atoms with van der Waals surface area (Å²) in [5.41, 5.74) is 2.22. The molecule has 0 aliphatic carbocycles. The van der Waals surface area contributed by atoms with Crippen LogP contribution >= 0.6 is 11.6 Å². The number of carbonyl (C=O) groups is 2. The number of amides is 1.